The highest BCUT2D eigenvalue weighted by atomic mass is 16.6. The number of ether oxygens (including phenoxy) is 3. The van der Waals surface area contributed by atoms with E-state index in [2.05, 4.69) is 32.9 Å². The van der Waals surface area contributed by atoms with Crippen molar-refractivity contribution >= 4 is 17.9 Å². The summed E-state index contributed by atoms with van der Waals surface area (Å²) >= 11 is 0. The van der Waals surface area contributed by atoms with Crippen LogP contribution in [0, 0.1) is 0 Å². The summed E-state index contributed by atoms with van der Waals surface area (Å²) in [6.45, 7) is 6.70. The second-order valence-electron chi connectivity index (χ2n) is 25.2. The Kier molecular flexibility index (Phi) is 68.0. The highest BCUT2D eigenvalue weighted by Crippen LogP contribution is 2.20. The minimum atomic E-state index is -0.770. The van der Waals surface area contributed by atoms with Crippen molar-refractivity contribution < 1.29 is 28.6 Å². The normalized spacial score (nSPS) is 12.0. The van der Waals surface area contributed by atoms with Gasteiger partial charge in [-0.2, -0.15) is 0 Å². The summed E-state index contributed by atoms with van der Waals surface area (Å²) in [5, 5.41) is 0. The fourth-order valence-corrected chi connectivity index (χ4v) is 11.5. The largest absolute Gasteiger partial charge is 0.462 e. The van der Waals surface area contributed by atoms with E-state index in [1.54, 1.807) is 0 Å². The minimum Gasteiger partial charge on any atom is -0.462 e. The first-order valence-corrected chi connectivity index (χ1v) is 36.7. The SMILES string of the molecule is CCCCC/C=C\CCCCCCCC(=O)OCC(COC(=O)CCCCCCCCCCCCCCCCCCCCCCCCCCCCCC)OC(=O)CCCCCCCCCCCCCCCCCCCCCCCC. The van der Waals surface area contributed by atoms with Crippen molar-refractivity contribution in [2.45, 2.75) is 431 Å². The van der Waals surface area contributed by atoms with Gasteiger partial charge in [-0.05, 0) is 44.9 Å². The first-order chi connectivity index (χ1) is 39.5. The van der Waals surface area contributed by atoms with Crippen LogP contribution in [0.4, 0.5) is 0 Å². The quantitative estimate of drug-likeness (QED) is 0.0261. The molecule has 0 saturated carbocycles. The number of rotatable bonds is 69. The molecule has 0 aromatic heterocycles. The van der Waals surface area contributed by atoms with Gasteiger partial charge in [0.15, 0.2) is 6.10 Å². The van der Waals surface area contributed by atoms with Crippen molar-refractivity contribution in [2.75, 3.05) is 13.2 Å². The third-order valence-corrected chi connectivity index (χ3v) is 17.0. The van der Waals surface area contributed by atoms with Crippen molar-refractivity contribution in [3.8, 4) is 0 Å². The van der Waals surface area contributed by atoms with E-state index >= 15 is 0 Å². The Morgan fingerprint density at radius 3 is 0.650 bits per heavy atom. The van der Waals surface area contributed by atoms with Crippen LogP contribution in [0.1, 0.15) is 425 Å². The zero-order valence-electron chi connectivity index (χ0n) is 54.6. The van der Waals surface area contributed by atoms with Gasteiger partial charge in [-0.25, -0.2) is 0 Å². The molecule has 6 nitrogen and oxygen atoms in total. The fraction of sp³-hybridized carbons (Fsp3) is 0.932. The van der Waals surface area contributed by atoms with Gasteiger partial charge in [-0.1, -0.05) is 373 Å². The second kappa shape index (κ2) is 69.6. The summed E-state index contributed by atoms with van der Waals surface area (Å²) in [5.74, 6) is -0.839. The lowest BCUT2D eigenvalue weighted by molar-refractivity contribution is -0.167. The van der Waals surface area contributed by atoms with Crippen molar-refractivity contribution in [3.05, 3.63) is 12.2 Å². The molecule has 0 radical (unpaired) electrons. The van der Waals surface area contributed by atoms with Crippen molar-refractivity contribution in [2.24, 2.45) is 0 Å². The Bertz CT molecular complexity index is 1250. The smallest absolute Gasteiger partial charge is 0.306 e. The van der Waals surface area contributed by atoms with Gasteiger partial charge in [-0.3, -0.25) is 14.4 Å². The Morgan fingerprint density at radius 2 is 0.412 bits per heavy atom. The van der Waals surface area contributed by atoms with Crippen LogP contribution in [0.3, 0.4) is 0 Å². The lowest BCUT2D eigenvalue weighted by Crippen LogP contribution is -2.30. The van der Waals surface area contributed by atoms with Crippen LogP contribution in [-0.2, 0) is 28.6 Å². The molecule has 0 N–H and O–H groups in total. The predicted octanol–water partition coefficient (Wildman–Crippen LogP) is 25.2. The lowest BCUT2D eigenvalue weighted by atomic mass is 10.0. The molecule has 0 rings (SSSR count). The van der Waals surface area contributed by atoms with Gasteiger partial charge in [0, 0.05) is 19.3 Å². The molecule has 0 aliphatic rings. The molecule has 0 aromatic carbocycles. The van der Waals surface area contributed by atoms with Crippen molar-refractivity contribution in [1.29, 1.82) is 0 Å². The number of hydrogen-bond acceptors (Lipinski definition) is 6. The molecular formula is C74H142O6. The molecule has 0 bridgehead atoms. The van der Waals surface area contributed by atoms with Crippen LogP contribution in [0.25, 0.3) is 0 Å². The van der Waals surface area contributed by atoms with E-state index in [9.17, 15) is 14.4 Å². The van der Waals surface area contributed by atoms with Gasteiger partial charge in [-0.15, -0.1) is 0 Å². The standard InChI is InChI=1S/C74H142O6/c1-4-7-10-13-16-19-22-25-27-29-31-33-35-36-37-38-39-40-42-43-45-47-49-52-55-58-61-64-67-73(76)79-70-71(69-78-72(75)66-63-60-57-54-51-24-21-18-15-12-9-6-3)80-74(77)68-65-62-59-56-53-50-48-46-44-41-34-32-30-28-26-23-20-17-14-11-8-5-2/h18,21,71H,4-17,19-20,22-70H2,1-3H3/b21-18-. The van der Waals surface area contributed by atoms with Crippen LogP contribution >= 0.6 is 0 Å². The summed E-state index contributed by atoms with van der Waals surface area (Å²) in [4.78, 5) is 38.4. The average Bonchev–Trinajstić information content (AvgIpc) is 3.46. The third-order valence-electron chi connectivity index (χ3n) is 17.0. The summed E-state index contributed by atoms with van der Waals surface area (Å²) < 4.78 is 17.0. The Balaban J connectivity index is 4.14. The van der Waals surface area contributed by atoms with Crippen molar-refractivity contribution in [3.63, 3.8) is 0 Å². The molecule has 0 spiro atoms. The van der Waals surface area contributed by atoms with Gasteiger partial charge in [0.25, 0.3) is 0 Å². The van der Waals surface area contributed by atoms with Crippen LogP contribution in [-0.4, -0.2) is 37.2 Å². The Morgan fingerprint density at radius 1 is 0.237 bits per heavy atom. The molecule has 0 saturated heterocycles. The van der Waals surface area contributed by atoms with Gasteiger partial charge in [0.05, 0.1) is 0 Å². The maximum atomic E-state index is 12.9. The van der Waals surface area contributed by atoms with E-state index in [0.717, 1.165) is 64.2 Å². The molecule has 0 heterocycles. The maximum Gasteiger partial charge on any atom is 0.306 e. The summed E-state index contributed by atoms with van der Waals surface area (Å²) in [5.41, 5.74) is 0. The second-order valence-corrected chi connectivity index (χ2v) is 25.2. The molecule has 80 heavy (non-hydrogen) atoms. The average molecular weight is 1130 g/mol. The predicted molar refractivity (Wildman–Crippen MR) is 349 cm³/mol. The Labute approximate surface area is 501 Å². The van der Waals surface area contributed by atoms with Crippen LogP contribution in [0.2, 0.25) is 0 Å². The van der Waals surface area contributed by atoms with Crippen molar-refractivity contribution in [1.82, 2.24) is 0 Å². The molecule has 0 aromatic rings. The number of carbonyl (C=O) groups is 3. The topological polar surface area (TPSA) is 78.9 Å². The zero-order valence-corrected chi connectivity index (χ0v) is 54.6. The van der Waals surface area contributed by atoms with E-state index in [1.165, 1.54) is 321 Å². The monoisotopic (exact) mass is 1130 g/mol. The summed E-state index contributed by atoms with van der Waals surface area (Å²) in [6, 6.07) is 0. The summed E-state index contributed by atoms with van der Waals surface area (Å²) in [6.07, 6.45) is 84.1. The van der Waals surface area contributed by atoms with E-state index in [1.807, 2.05) is 0 Å². The number of hydrogen-bond donors (Lipinski definition) is 0. The Hall–Kier alpha value is -1.85. The van der Waals surface area contributed by atoms with Gasteiger partial charge < -0.3 is 14.2 Å². The highest BCUT2D eigenvalue weighted by Gasteiger charge is 2.20. The van der Waals surface area contributed by atoms with E-state index in [0.29, 0.717) is 19.3 Å². The molecule has 1 unspecified atom stereocenters. The number of unbranched alkanes of at least 4 members (excludes halogenated alkanes) is 56. The van der Waals surface area contributed by atoms with Gasteiger partial charge >= 0.3 is 17.9 Å². The number of esters is 3. The zero-order chi connectivity index (χ0) is 57.8. The molecule has 0 fully saturated rings. The molecule has 1 atom stereocenters. The first kappa shape index (κ1) is 78.1. The van der Waals surface area contributed by atoms with Crippen LogP contribution in [0.5, 0.6) is 0 Å². The van der Waals surface area contributed by atoms with E-state index < -0.39 is 6.10 Å². The number of allylic oxidation sites excluding steroid dienone is 2. The lowest BCUT2D eigenvalue weighted by Gasteiger charge is -2.18. The summed E-state index contributed by atoms with van der Waals surface area (Å²) in [7, 11) is 0. The van der Waals surface area contributed by atoms with Gasteiger partial charge in [0.1, 0.15) is 13.2 Å². The fourth-order valence-electron chi connectivity index (χ4n) is 11.5. The van der Waals surface area contributed by atoms with E-state index in [4.69, 9.17) is 14.2 Å². The molecule has 474 valence electrons. The molecule has 0 aliphatic carbocycles. The highest BCUT2D eigenvalue weighted by molar-refractivity contribution is 5.71. The van der Waals surface area contributed by atoms with Crippen LogP contribution in [0.15, 0.2) is 12.2 Å². The van der Waals surface area contributed by atoms with E-state index in [-0.39, 0.29) is 31.1 Å². The molecule has 0 aliphatic heterocycles. The molecule has 0 amide bonds. The maximum absolute atomic E-state index is 12.9. The van der Waals surface area contributed by atoms with Gasteiger partial charge in [0.2, 0.25) is 0 Å². The molecular weight excluding hydrogens is 985 g/mol. The number of carbonyl (C=O) groups excluding carboxylic acids is 3. The first-order valence-electron chi connectivity index (χ1n) is 36.7. The van der Waals surface area contributed by atoms with Crippen LogP contribution < -0.4 is 0 Å². The minimum absolute atomic E-state index is 0.0657. The molecule has 6 heteroatoms. The third kappa shape index (κ3) is 66.9.